The third kappa shape index (κ3) is 4.64. The molecule has 0 heterocycles. The van der Waals surface area contributed by atoms with Crippen LogP contribution in [0.3, 0.4) is 0 Å². The Balaban J connectivity index is 2.67. The topological polar surface area (TPSA) is 49.3 Å². The average molecular weight is 277 g/mol. The van der Waals surface area contributed by atoms with E-state index in [1.807, 2.05) is 13.8 Å². The molecule has 1 aromatic carbocycles. The van der Waals surface area contributed by atoms with Crippen molar-refractivity contribution in [3.05, 3.63) is 35.4 Å². The summed E-state index contributed by atoms with van der Waals surface area (Å²) < 4.78 is 0. The van der Waals surface area contributed by atoms with Gasteiger partial charge in [0.05, 0.1) is 0 Å². The Morgan fingerprint density at radius 3 is 2.20 bits per heavy atom. The van der Waals surface area contributed by atoms with Gasteiger partial charge in [0.1, 0.15) is 6.04 Å². The van der Waals surface area contributed by atoms with Gasteiger partial charge in [-0.15, -0.1) is 0 Å². The molecule has 0 aliphatic heterocycles. The van der Waals surface area contributed by atoms with Gasteiger partial charge in [0, 0.05) is 6.54 Å². The van der Waals surface area contributed by atoms with Crippen molar-refractivity contribution in [2.75, 3.05) is 0 Å². The number of carbonyl (C=O) groups is 1. The van der Waals surface area contributed by atoms with E-state index in [1.54, 1.807) is 0 Å². The Kier molecular flexibility index (Phi) is 5.75. The molecule has 1 rings (SSSR count). The fourth-order valence-electron chi connectivity index (χ4n) is 2.12. The SMILES string of the molecule is CC[C@H](C)[C@H](NCc1ccc(C(C)(C)C)cc1)C(=O)O. The molecule has 112 valence electrons. The normalized spacial score (nSPS) is 14.8. The lowest BCUT2D eigenvalue weighted by Gasteiger charge is -2.21. The van der Waals surface area contributed by atoms with Crippen LogP contribution >= 0.6 is 0 Å². The van der Waals surface area contributed by atoms with Gasteiger partial charge < -0.3 is 10.4 Å². The molecule has 20 heavy (non-hydrogen) atoms. The molecule has 3 nitrogen and oxygen atoms in total. The Hall–Kier alpha value is -1.35. The van der Waals surface area contributed by atoms with E-state index in [2.05, 4.69) is 50.4 Å². The first-order chi connectivity index (χ1) is 9.25. The molecule has 0 aliphatic rings. The van der Waals surface area contributed by atoms with Crippen LogP contribution in [0, 0.1) is 5.92 Å². The lowest BCUT2D eigenvalue weighted by Crippen LogP contribution is -2.41. The Morgan fingerprint density at radius 1 is 1.25 bits per heavy atom. The van der Waals surface area contributed by atoms with E-state index in [9.17, 15) is 9.90 Å². The van der Waals surface area contributed by atoms with Gasteiger partial charge in [-0.25, -0.2) is 0 Å². The molecule has 0 aromatic heterocycles. The van der Waals surface area contributed by atoms with Gasteiger partial charge in [-0.3, -0.25) is 4.79 Å². The highest BCUT2D eigenvalue weighted by Gasteiger charge is 2.22. The fraction of sp³-hybridized carbons (Fsp3) is 0.588. The van der Waals surface area contributed by atoms with Crippen LogP contribution in [0.1, 0.15) is 52.2 Å². The molecule has 0 spiro atoms. The second-order valence-electron chi connectivity index (χ2n) is 6.53. The zero-order valence-electron chi connectivity index (χ0n) is 13.2. The maximum atomic E-state index is 11.2. The van der Waals surface area contributed by atoms with Crippen molar-refractivity contribution in [1.29, 1.82) is 0 Å². The highest BCUT2D eigenvalue weighted by Crippen LogP contribution is 2.22. The zero-order chi connectivity index (χ0) is 15.3. The van der Waals surface area contributed by atoms with Crippen molar-refractivity contribution in [3.63, 3.8) is 0 Å². The summed E-state index contributed by atoms with van der Waals surface area (Å²) in [4.78, 5) is 11.2. The van der Waals surface area contributed by atoms with Crippen LogP contribution in [0.5, 0.6) is 0 Å². The third-order valence-electron chi connectivity index (χ3n) is 3.83. The number of hydrogen-bond donors (Lipinski definition) is 2. The molecular formula is C17H27NO2. The van der Waals surface area contributed by atoms with Gasteiger partial charge in [-0.1, -0.05) is 65.3 Å². The molecule has 0 saturated heterocycles. The van der Waals surface area contributed by atoms with E-state index in [4.69, 9.17) is 0 Å². The summed E-state index contributed by atoms with van der Waals surface area (Å²) in [6, 6.07) is 7.90. The first kappa shape index (κ1) is 16.7. The summed E-state index contributed by atoms with van der Waals surface area (Å²) in [6.07, 6.45) is 0.854. The van der Waals surface area contributed by atoms with E-state index in [1.165, 1.54) is 5.56 Å². The monoisotopic (exact) mass is 277 g/mol. The first-order valence-electron chi connectivity index (χ1n) is 7.31. The third-order valence-corrected chi connectivity index (χ3v) is 3.83. The molecule has 1 aromatic rings. The van der Waals surface area contributed by atoms with Gasteiger partial charge in [-0.05, 0) is 22.5 Å². The number of carboxylic acids is 1. The van der Waals surface area contributed by atoms with Gasteiger partial charge >= 0.3 is 5.97 Å². The molecule has 2 atom stereocenters. The summed E-state index contributed by atoms with van der Waals surface area (Å²) >= 11 is 0. The van der Waals surface area contributed by atoms with Crippen LogP contribution in [-0.4, -0.2) is 17.1 Å². The lowest BCUT2D eigenvalue weighted by atomic mass is 9.87. The second kappa shape index (κ2) is 6.89. The van der Waals surface area contributed by atoms with Crippen LogP contribution in [0.2, 0.25) is 0 Å². The first-order valence-corrected chi connectivity index (χ1v) is 7.31. The number of aliphatic carboxylic acids is 1. The van der Waals surface area contributed by atoms with Crippen LogP contribution in [0.25, 0.3) is 0 Å². The molecule has 0 aliphatic carbocycles. The number of rotatable bonds is 6. The number of nitrogens with one attached hydrogen (secondary N) is 1. The Bertz CT molecular complexity index is 431. The van der Waals surface area contributed by atoms with E-state index < -0.39 is 12.0 Å². The predicted octanol–water partition coefficient (Wildman–Crippen LogP) is 3.57. The summed E-state index contributed by atoms with van der Waals surface area (Å²) in [7, 11) is 0. The quantitative estimate of drug-likeness (QED) is 0.835. The van der Waals surface area contributed by atoms with Crippen molar-refractivity contribution in [1.82, 2.24) is 5.32 Å². The largest absolute Gasteiger partial charge is 0.480 e. The van der Waals surface area contributed by atoms with E-state index in [0.29, 0.717) is 6.54 Å². The van der Waals surface area contributed by atoms with Crippen molar-refractivity contribution in [2.24, 2.45) is 5.92 Å². The van der Waals surface area contributed by atoms with Gasteiger partial charge in [0.25, 0.3) is 0 Å². The highest BCUT2D eigenvalue weighted by atomic mass is 16.4. The smallest absolute Gasteiger partial charge is 0.320 e. The zero-order valence-corrected chi connectivity index (χ0v) is 13.2. The molecular weight excluding hydrogens is 250 g/mol. The minimum Gasteiger partial charge on any atom is -0.480 e. The average Bonchev–Trinajstić information content (AvgIpc) is 2.37. The molecule has 0 radical (unpaired) electrons. The van der Waals surface area contributed by atoms with Crippen molar-refractivity contribution < 1.29 is 9.90 Å². The molecule has 0 amide bonds. The molecule has 0 unspecified atom stereocenters. The summed E-state index contributed by atoms with van der Waals surface area (Å²) in [6.45, 7) is 11.1. The van der Waals surface area contributed by atoms with Crippen molar-refractivity contribution in [3.8, 4) is 0 Å². The lowest BCUT2D eigenvalue weighted by molar-refractivity contribution is -0.140. The van der Waals surface area contributed by atoms with E-state index >= 15 is 0 Å². The van der Waals surface area contributed by atoms with Crippen LogP contribution in [0.15, 0.2) is 24.3 Å². The minimum absolute atomic E-state index is 0.126. The summed E-state index contributed by atoms with van der Waals surface area (Å²) in [5.74, 6) is -0.646. The van der Waals surface area contributed by atoms with Crippen molar-refractivity contribution >= 4 is 5.97 Å². The molecule has 0 saturated carbocycles. The van der Waals surface area contributed by atoms with E-state index in [0.717, 1.165) is 12.0 Å². The standard InChI is InChI=1S/C17H27NO2/c1-6-12(2)15(16(19)20)18-11-13-7-9-14(10-8-13)17(3,4)5/h7-10,12,15,18H,6,11H2,1-5H3,(H,19,20)/t12-,15-/m0/s1. The molecule has 2 N–H and O–H groups in total. The summed E-state index contributed by atoms with van der Waals surface area (Å²) in [5.41, 5.74) is 2.55. The van der Waals surface area contributed by atoms with Crippen LogP contribution in [0.4, 0.5) is 0 Å². The minimum atomic E-state index is -0.773. The predicted molar refractivity (Wildman–Crippen MR) is 82.9 cm³/mol. The Morgan fingerprint density at radius 2 is 1.80 bits per heavy atom. The second-order valence-corrected chi connectivity index (χ2v) is 6.53. The molecule has 0 bridgehead atoms. The number of benzene rings is 1. The maximum absolute atomic E-state index is 11.2. The van der Waals surface area contributed by atoms with Gasteiger partial charge in [-0.2, -0.15) is 0 Å². The van der Waals surface area contributed by atoms with Gasteiger partial charge in [0.15, 0.2) is 0 Å². The van der Waals surface area contributed by atoms with Crippen LogP contribution in [-0.2, 0) is 16.8 Å². The van der Waals surface area contributed by atoms with Crippen molar-refractivity contribution in [2.45, 2.75) is 59.0 Å². The van der Waals surface area contributed by atoms with Gasteiger partial charge in [0.2, 0.25) is 0 Å². The number of hydrogen-bond acceptors (Lipinski definition) is 2. The van der Waals surface area contributed by atoms with E-state index in [-0.39, 0.29) is 11.3 Å². The molecule has 3 heteroatoms. The van der Waals surface area contributed by atoms with Crippen LogP contribution < -0.4 is 5.32 Å². The fourth-order valence-corrected chi connectivity index (χ4v) is 2.12. The molecule has 0 fully saturated rings. The highest BCUT2D eigenvalue weighted by molar-refractivity contribution is 5.73. The summed E-state index contributed by atoms with van der Waals surface area (Å²) in [5, 5.41) is 12.4. The Labute approximate surface area is 122 Å². The number of carboxylic acid groups (broad SMARTS) is 1. The maximum Gasteiger partial charge on any atom is 0.320 e.